The second-order valence-corrected chi connectivity index (χ2v) is 6.32. The molecule has 2 heterocycles. The lowest BCUT2D eigenvalue weighted by molar-refractivity contribution is 0.0572. The highest BCUT2D eigenvalue weighted by Gasteiger charge is 2.33. The van der Waals surface area contributed by atoms with Crippen LogP contribution in [0.15, 0.2) is 4.90 Å². The standard InChI is InChI=1S/C12H18N2O3S2/c1-3-6(15)10-9(13)11(18-2)12(19-10)14-4-7(16)8(17)5-14/h7-8,16-17H,3-5,13H2,1-2H3. The largest absolute Gasteiger partial charge is 0.396 e. The van der Waals surface area contributed by atoms with Gasteiger partial charge >= 0.3 is 0 Å². The summed E-state index contributed by atoms with van der Waals surface area (Å²) in [5.41, 5.74) is 6.57. The van der Waals surface area contributed by atoms with Gasteiger partial charge in [-0.3, -0.25) is 4.79 Å². The number of β-amino-alcohol motifs (C(OH)–C–C–N with tert-alkyl or cyclic N) is 2. The Bertz CT molecular complexity index is 480. The third-order valence-corrected chi connectivity index (χ3v) is 5.47. The molecule has 106 valence electrons. The Hall–Kier alpha value is -0.760. The third-order valence-electron chi connectivity index (χ3n) is 3.21. The molecule has 7 heteroatoms. The third kappa shape index (κ3) is 2.60. The Labute approximate surface area is 120 Å². The molecule has 2 atom stereocenters. The first-order chi connectivity index (χ1) is 8.99. The van der Waals surface area contributed by atoms with E-state index in [4.69, 9.17) is 5.73 Å². The zero-order chi connectivity index (χ0) is 14.2. The first-order valence-electron chi connectivity index (χ1n) is 6.10. The molecule has 2 rings (SSSR count). The number of aliphatic hydroxyl groups is 2. The van der Waals surface area contributed by atoms with Crippen molar-refractivity contribution in [2.45, 2.75) is 30.4 Å². The molecule has 0 saturated carbocycles. The molecule has 0 amide bonds. The lowest BCUT2D eigenvalue weighted by Crippen LogP contribution is -2.22. The van der Waals surface area contributed by atoms with Crippen LogP contribution in [-0.4, -0.2) is 47.5 Å². The highest BCUT2D eigenvalue weighted by atomic mass is 32.2. The van der Waals surface area contributed by atoms with Crippen molar-refractivity contribution in [3.8, 4) is 0 Å². The quantitative estimate of drug-likeness (QED) is 0.572. The number of nitrogens with zero attached hydrogens (tertiary/aromatic N) is 1. The summed E-state index contributed by atoms with van der Waals surface area (Å²) in [4.78, 5) is 15.2. The molecule has 1 aromatic rings. The number of carbonyl (C=O) groups excluding carboxylic acids is 1. The van der Waals surface area contributed by atoms with E-state index < -0.39 is 12.2 Å². The van der Waals surface area contributed by atoms with Crippen molar-refractivity contribution in [2.75, 3.05) is 30.0 Å². The van der Waals surface area contributed by atoms with Gasteiger partial charge in [0.15, 0.2) is 5.78 Å². The molecule has 0 aliphatic carbocycles. The maximum absolute atomic E-state index is 11.9. The molecule has 2 unspecified atom stereocenters. The molecule has 1 saturated heterocycles. The zero-order valence-electron chi connectivity index (χ0n) is 10.9. The van der Waals surface area contributed by atoms with Crippen LogP contribution in [0.25, 0.3) is 0 Å². The lowest BCUT2D eigenvalue weighted by Gasteiger charge is -2.16. The van der Waals surface area contributed by atoms with Gasteiger partial charge in [0, 0.05) is 19.5 Å². The Morgan fingerprint density at radius 1 is 1.47 bits per heavy atom. The minimum atomic E-state index is -0.747. The van der Waals surface area contributed by atoms with Gasteiger partial charge in [0.2, 0.25) is 0 Å². The predicted molar refractivity (Wildman–Crippen MR) is 79.4 cm³/mol. The van der Waals surface area contributed by atoms with Gasteiger partial charge in [-0.2, -0.15) is 0 Å². The number of rotatable bonds is 4. The smallest absolute Gasteiger partial charge is 0.174 e. The second kappa shape index (κ2) is 5.70. The number of thioether (sulfide) groups is 1. The molecule has 0 spiro atoms. The summed E-state index contributed by atoms with van der Waals surface area (Å²) >= 11 is 2.84. The highest BCUT2D eigenvalue weighted by Crippen LogP contribution is 2.45. The Balaban J connectivity index is 2.38. The molecule has 1 aliphatic heterocycles. The summed E-state index contributed by atoms with van der Waals surface area (Å²) in [5, 5.41) is 20.1. The molecule has 19 heavy (non-hydrogen) atoms. The maximum Gasteiger partial charge on any atom is 0.174 e. The molecule has 1 aliphatic rings. The van der Waals surface area contributed by atoms with E-state index in [1.165, 1.54) is 23.1 Å². The van der Waals surface area contributed by atoms with E-state index in [0.29, 0.717) is 30.1 Å². The van der Waals surface area contributed by atoms with Crippen LogP contribution >= 0.6 is 23.1 Å². The molecule has 4 N–H and O–H groups in total. The van der Waals surface area contributed by atoms with Crippen molar-refractivity contribution < 1.29 is 15.0 Å². The number of hydrogen-bond acceptors (Lipinski definition) is 7. The molecule has 0 aromatic carbocycles. The molecular weight excluding hydrogens is 284 g/mol. The summed E-state index contributed by atoms with van der Waals surface area (Å²) < 4.78 is 0. The average molecular weight is 302 g/mol. The first kappa shape index (κ1) is 14.6. The van der Waals surface area contributed by atoms with Crippen LogP contribution in [0.5, 0.6) is 0 Å². The van der Waals surface area contributed by atoms with E-state index in [-0.39, 0.29) is 5.78 Å². The highest BCUT2D eigenvalue weighted by molar-refractivity contribution is 7.99. The van der Waals surface area contributed by atoms with Crippen LogP contribution in [0.1, 0.15) is 23.0 Å². The predicted octanol–water partition coefficient (Wildman–Crippen LogP) is 1.19. The van der Waals surface area contributed by atoms with Crippen LogP contribution in [0.3, 0.4) is 0 Å². The summed E-state index contributed by atoms with van der Waals surface area (Å²) in [5.74, 6) is 0.0318. The minimum absolute atomic E-state index is 0.0318. The normalized spacial score (nSPS) is 23.1. The maximum atomic E-state index is 11.9. The molecule has 0 bridgehead atoms. The number of Topliss-reactive ketones (excluding diaryl/α,β-unsaturated/α-hetero) is 1. The van der Waals surface area contributed by atoms with Gasteiger partial charge in [-0.15, -0.1) is 23.1 Å². The summed E-state index contributed by atoms with van der Waals surface area (Å²) in [6.45, 7) is 2.55. The lowest BCUT2D eigenvalue weighted by atomic mass is 10.2. The fraction of sp³-hybridized carbons (Fsp3) is 0.583. The molecule has 5 nitrogen and oxygen atoms in total. The van der Waals surface area contributed by atoms with Crippen LogP contribution in [0.4, 0.5) is 10.7 Å². The molecular formula is C12H18N2O3S2. The SMILES string of the molecule is CCC(=O)c1sc(N2CC(O)C(O)C2)c(SC)c1N. The summed E-state index contributed by atoms with van der Waals surface area (Å²) in [7, 11) is 0. The van der Waals surface area contributed by atoms with Crippen molar-refractivity contribution in [3.63, 3.8) is 0 Å². The number of hydrogen-bond donors (Lipinski definition) is 3. The van der Waals surface area contributed by atoms with Crippen LogP contribution < -0.4 is 10.6 Å². The van der Waals surface area contributed by atoms with Gasteiger partial charge in [-0.25, -0.2) is 0 Å². The number of nitrogen functional groups attached to an aromatic ring is 1. The van der Waals surface area contributed by atoms with Gasteiger partial charge in [0.05, 0.1) is 27.7 Å². The van der Waals surface area contributed by atoms with E-state index in [2.05, 4.69) is 0 Å². The van der Waals surface area contributed by atoms with Crippen molar-refractivity contribution in [2.24, 2.45) is 0 Å². The van der Waals surface area contributed by atoms with Crippen molar-refractivity contribution in [3.05, 3.63) is 4.88 Å². The van der Waals surface area contributed by atoms with Crippen LogP contribution in [-0.2, 0) is 0 Å². The van der Waals surface area contributed by atoms with Gasteiger partial charge in [0.25, 0.3) is 0 Å². The molecule has 0 radical (unpaired) electrons. The summed E-state index contributed by atoms with van der Waals surface area (Å²) in [6.07, 6.45) is 0.834. The molecule has 1 fully saturated rings. The van der Waals surface area contributed by atoms with E-state index in [1.807, 2.05) is 18.1 Å². The van der Waals surface area contributed by atoms with Crippen LogP contribution in [0, 0.1) is 0 Å². The monoisotopic (exact) mass is 302 g/mol. The fourth-order valence-electron chi connectivity index (χ4n) is 2.12. The number of anilines is 2. The zero-order valence-corrected chi connectivity index (χ0v) is 12.6. The second-order valence-electron chi connectivity index (χ2n) is 4.50. The van der Waals surface area contributed by atoms with E-state index in [1.54, 1.807) is 0 Å². The van der Waals surface area contributed by atoms with E-state index in [0.717, 1.165) is 9.90 Å². The van der Waals surface area contributed by atoms with Gasteiger partial charge in [-0.05, 0) is 6.26 Å². The number of aliphatic hydroxyl groups excluding tert-OH is 2. The fourth-order valence-corrected chi connectivity index (χ4v) is 4.33. The van der Waals surface area contributed by atoms with Crippen molar-refractivity contribution in [1.29, 1.82) is 0 Å². The molecule has 1 aromatic heterocycles. The van der Waals surface area contributed by atoms with Crippen LogP contribution in [0.2, 0.25) is 0 Å². The topological polar surface area (TPSA) is 86.8 Å². The number of carbonyl (C=O) groups is 1. The number of nitrogens with two attached hydrogens (primary N) is 1. The Morgan fingerprint density at radius 3 is 2.53 bits per heavy atom. The van der Waals surface area contributed by atoms with Crippen molar-refractivity contribution in [1.82, 2.24) is 0 Å². The first-order valence-corrected chi connectivity index (χ1v) is 8.14. The van der Waals surface area contributed by atoms with Crippen molar-refractivity contribution >= 4 is 39.6 Å². The minimum Gasteiger partial charge on any atom is -0.396 e. The number of thiophene rings is 1. The average Bonchev–Trinajstić information content (AvgIpc) is 2.89. The Morgan fingerprint density at radius 2 is 2.05 bits per heavy atom. The van der Waals surface area contributed by atoms with Gasteiger partial charge < -0.3 is 20.8 Å². The van der Waals surface area contributed by atoms with Gasteiger partial charge in [-0.1, -0.05) is 6.92 Å². The van der Waals surface area contributed by atoms with E-state index >= 15 is 0 Å². The Kier molecular flexibility index (Phi) is 4.39. The number of ketones is 1. The van der Waals surface area contributed by atoms with Gasteiger partial charge in [0.1, 0.15) is 5.00 Å². The summed E-state index contributed by atoms with van der Waals surface area (Å²) in [6, 6.07) is 0. The van der Waals surface area contributed by atoms with E-state index in [9.17, 15) is 15.0 Å².